The van der Waals surface area contributed by atoms with Crippen LogP contribution in [0.2, 0.25) is 0 Å². The van der Waals surface area contributed by atoms with Crippen molar-refractivity contribution in [2.24, 2.45) is 22.6 Å². The van der Waals surface area contributed by atoms with Crippen LogP contribution < -0.4 is 11.1 Å². The first-order valence-corrected chi connectivity index (χ1v) is 15.8. The van der Waals surface area contributed by atoms with E-state index in [0.717, 1.165) is 37.7 Å². The van der Waals surface area contributed by atoms with E-state index in [1.165, 1.54) is 26.6 Å². The van der Waals surface area contributed by atoms with E-state index < -0.39 is 67.4 Å². The van der Waals surface area contributed by atoms with Crippen molar-refractivity contribution < 1.29 is 59.2 Å². The zero-order chi connectivity index (χ0) is 35.0. The number of carboxylic acids is 1. The second kappa shape index (κ2) is 17.1. The lowest BCUT2D eigenvalue weighted by atomic mass is 9.80. The van der Waals surface area contributed by atoms with E-state index in [2.05, 4.69) is 10.3 Å². The van der Waals surface area contributed by atoms with Gasteiger partial charge in [0.2, 0.25) is 6.29 Å². The number of aliphatic carboxylic acids is 1. The predicted octanol–water partition coefficient (Wildman–Crippen LogP) is -1.04. The second-order valence-electron chi connectivity index (χ2n) is 11.9. The van der Waals surface area contributed by atoms with Gasteiger partial charge < -0.3 is 65.5 Å². The molecular weight excluding hydrogens is 632 g/mol. The highest BCUT2D eigenvalue weighted by Crippen LogP contribution is 2.39. The second-order valence-corrected chi connectivity index (χ2v) is 11.9. The Morgan fingerprint density at radius 1 is 1.12 bits per heavy atom. The lowest BCUT2D eigenvalue weighted by Crippen LogP contribution is -2.60. The molecule has 48 heavy (non-hydrogen) atoms. The van der Waals surface area contributed by atoms with Crippen molar-refractivity contribution in [1.82, 2.24) is 10.2 Å². The highest BCUT2D eigenvalue weighted by atomic mass is 16.8. The van der Waals surface area contributed by atoms with Gasteiger partial charge in [0.05, 0.1) is 49.3 Å². The number of β-amino-alcohol motifs (C(OH)–C–C–N with tert-alkyl or cyclic N) is 1. The third kappa shape index (κ3) is 8.63. The van der Waals surface area contributed by atoms with Gasteiger partial charge in [0.25, 0.3) is 0 Å². The molecule has 3 aliphatic heterocycles. The molecule has 9 N–H and O–H groups in total. The number of aliphatic hydroxyl groups excluding tert-OH is 5. The van der Waals surface area contributed by atoms with E-state index in [9.17, 15) is 40.2 Å². The molecule has 4 rings (SSSR count). The Morgan fingerprint density at radius 2 is 1.85 bits per heavy atom. The normalized spacial score (nSPS) is 31.6. The molecule has 16 nitrogen and oxygen atoms in total. The van der Waals surface area contributed by atoms with E-state index in [-0.39, 0.29) is 42.5 Å². The summed E-state index contributed by atoms with van der Waals surface area (Å²) in [6.07, 6.45) is 3.58. The van der Waals surface area contributed by atoms with Gasteiger partial charge in [0, 0.05) is 32.3 Å². The number of carboxylic acid groups (broad SMARTS) is 1. The summed E-state index contributed by atoms with van der Waals surface area (Å²) in [5.41, 5.74) is 7.66. The van der Waals surface area contributed by atoms with Crippen LogP contribution in [-0.2, 0) is 28.5 Å². The fourth-order valence-electron chi connectivity index (χ4n) is 6.17. The Hall–Kier alpha value is -3.77. The molecule has 16 heteroatoms. The van der Waals surface area contributed by atoms with Crippen LogP contribution in [-0.4, -0.2) is 131 Å². The van der Waals surface area contributed by atoms with Crippen LogP contribution in [0.15, 0.2) is 63.7 Å². The number of guanidine groups is 1. The quantitative estimate of drug-likeness (QED) is 0.0563. The van der Waals surface area contributed by atoms with Crippen LogP contribution in [0, 0.1) is 11.8 Å². The number of aliphatic hydroxyl groups is 5. The minimum Gasteiger partial charge on any atom is -0.478 e. The van der Waals surface area contributed by atoms with Crippen LogP contribution in [0.25, 0.3) is 0 Å². The van der Waals surface area contributed by atoms with Gasteiger partial charge in [-0.15, -0.1) is 0 Å². The van der Waals surface area contributed by atoms with Gasteiger partial charge in [0.15, 0.2) is 12.2 Å². The summed E-state index contributed by atoms with van der Waals surface area (Å²) in [6, 6.07) is 0. The molecule has 0 aromatic heterocycles. The zero-order valence-electron chi connectivity index (χ0n) is 27.0. The molecule has 1 saturated heterocycles. The van der Waals surface area contributed by atoms with Gasteiger partial charge in [0.1, 0.15) is 24.4 Å². The van der Waals surface area contributed by atoms with Crippen molar-refractivity contribution in [3.8, 4) is 0 Å². The maximum absolute atomic E-state index is 13.1. The monoisotopic (exact) mass is 678 g/mol. The minimum absolute atomic E-state index is 0.0345. The summed E-state index contributed by atoms with van der Waals surface area (Å²) in [6.45, 7) is -0.568. The number of hydrogen-bond acceptors (Lipinski definition) is 13. The molecule has 3 heterocycles. The zero-order valence-corrected chi connectivity index (χ0v) is 27.0. The summed E-state index contributed by atoms with van der Waals surface area (Å²) >= 11 is 0. The van der Waals surface area contributed by atoms with Crippen LogP contribution in [0.5, 0.6) is 0 Å². The maximum Gasteiger partial charge on any atom is 0.339 e. The van der Waals surface area contributed by atoms with E-state index in [4.69, 9.17) is 24.7 Å². The number of rotatable bonds is 11. The van der Waals surface area contributed by atoms with Crippen molar-refractivity contribution in [1.29, 1.82) is 0 Å². The number of nitrogens with two attached hydrogens (primary N) is 1. The Balaban J connectivity index is 1.80. The largest absolute Gasteiger partial charge is 0.478 e. The number of nitrogens with one attached hydrogen (secondary N) is 1. The van der Waals surface area contributed by atoms with Crippen molar-refractivity contribution in [3.63, 3.8) is 0 Å². The Bertz CT molecular complexity index is 1350. The highest BCUT2D eigenvalue weighted by Gasteiger charge is 2.47. The first-order chi connectivity index (χ1) is 23.0. The number of allylic oxidation sites excluding steroid dienone is 2. The fourth-order valence-corrected chi connectivity index (χ4v) is 6.17. The van der Waals surface area contributed by atoms with E-state index in [0.29, 0.717) is 5.57 Å². The molecule has 0 unspecified atom stereocenters. The van der Waals surface area contributed by atoms with E-state index in [1.807, 2.05) is 6.08 Å². The van der Waals surface area contributed by atoms with Crippen LogP contribution >= 0.6 is 0 Å². The SMILES string of the molecule is CN=C(N)NC1=C(/C=C/[C@@H]2C(C(=O)OC)=CO[C@@H](O[C@@H]3O[C@H](CO)[C@@H](O)[C@H](O)[C@H]3O)[C@@H]2C=C2CCCCC2)CN(CCO)C=C1C(=O)O. The Kier molecular flexibility index (Phi) is 13.2. The van der Waals surface area contributed by atoms with Gasteiger partial charge in [-0.2, -0.15) is 0 Å². The number of esters is 1. The van der Waals surface area contributed by atoms with Crippen molar-refractivity contribution >= 4 is 17.9 Å². The third-order valence-electron chi connectivity index (χ3n) is 8.77. The van der Waals surface area contributed by atoms with Crippen molar-refractivity contribution in [3.05, 3.63) is 58.7 Å². The lowest BCUT2D eigenvalue weighted by Gasteiger charge is -2.43. The number of aliphatic imine (C=N–C) groups is 1. The van der Waals surface area contributed by atoms with Crippen molar-refractivity contribution in [2.75, 3.05) is 40.5 Å². The van der Waals surface area contributed by atoms with Crippen LogP contribution in [0.3, 0.4) is 0 Å². The summed E-state index contributed by atoms with van der Waals surface area (Å²) in [5, 5.41) is 63.5. The Morgan fingerprint density at radius 3 is 2.48 bits per heavy atom. The molecule has 266 valence electrons. The van der Waals surface area contributed by atoms with E-state index >= 15 is 0 Å². The van der Waals surface area contributed by atoms with Crippen LogP contribution in [0.4, 0.5) is 0 Å². The molecule has 0 spiro atoms. The summed E-state index contributed by atoms with van der Waals surface area (Å²) in [5.74, 6) is -3.48. The lowest BCUT2D eigenvalue weighted by molar-refractivity contribution is -0.338. The minimum atomic E-state index is -1.69. The summed E-state index contributed by atoms with van der Waals surface area (Å²) < 4.78 is 22.7. The fraction of sp³-hybridized carbons (Fsp3) is 0.594. The number of carbonyl (C=O) groups excluding carboxylic acids is 1. The molecule has 0 bridgehead atoms. The topological polar surface area (TPSA) is 246 Å². The Labute approximate surface area is 278 Å². The smallest absolute Gasteiger partial charge is 0.339 e. The molecule has 0 radical (unpaired) electrons. The predicted molar refractivity (Wildman–Crippen MR) is 169 cm³/mol. The van der Waals surface area contributed by atoms with Crippen molar-refractivity contribution in [2.45, 2.75) is 69.1 Å². The van der Waals surface area contributed by atoms with Crippen LogP contribution in [0.1, 0.15) is 32.1 Å². The number of carbonyl (C=O) groups is 2. The molecular formula is C32H46N4O12. The molecule has 0 aromatic rings. The molecule has 8 atom stereocenters. The number of methoxy groups -OCH3 is 1. The summed E-state index contributed by atoms with van der Waals surface area (Å²) in [7, 11) is 2.67. The number of ether oxygens (including phenoxy) is 4. The molecule has 4 aliphatic rings. The third-order valence-corrected chi connectivity index (χ3v) is 8.77. The van der Waals surface area contributed by atoms with Gasteiger partial charge in [-0.05, 0) is 31.3 Å². The first-order valence-electron chi connectivity index (χ1n) is 15.8. The summed E-state index contributed by atoms with van der Waals surface area (Å²) in [4.78, 5) is 30.9. The average molecular weight is 679 g/mol. The number of nitrogens with zero attached hydrogens (tertiary/aromatic N) is 2. The standard InChI is InChI=1S/C32H46N4O12/c1-34-32(33)35-24-18(13-36(10-11-37)14-21(24)28(42)43)8-9-19-20(12-17-6-4-3-5-7-17)30(46-16-22(19)29(44)45-2)48-31-27(41)26(40)25(39)23(15-38)47-31/h8-9,12,14,16,19-20,23,25-27,30-31,37-41H,3-7,10-11,13,15H2,1-2H3,(H,42,43)(H3,33,34,35)/b9-8+/t19-,20+,23+,25+,26-,27+,30-,31-/m0/s1. The molecule has 2 fully saturated rings. The first kappa shape index (κ1) is 37.1. The molecule has 1 saturated carbocycles. The van der Waals surface area contributed by atoms with Gasteiger partial charge in [-0.3, -0.25) is 4.99 Å². The van der Waals surface area contributed by atoms with Gasteiger partial charge >= 0.3 is 11.9 Å². The van der Waals surface area contributed by atoms with E-state index in [1.54, 1.807) is 17.1 Å². The molecule has 0 aromatic carbocycles. The van der Waals surface area contributed by atoms with Gasteiger partial charge in [-0.1, -0.05) is 30.2 Å². The molecule has 1 aliphatic carbocycles. The maximum atomic E-state index is 13.1. The average Bonchev–Trinajstić information content (AvgIpc) is 3.09. The highest BCUT2D eigenvalue weighted by molar-refractivity contribution is 5.95. The number of hydrogen-bond donors (Lipinski definition) is 8. The molecule has 0 amide bonds. The van der Waals surface area contributed by atoms with Gasteiger partial charge in [-0.25, -0.2) is 9.59 Å².